The van der Waals surface area contributed by atoms with E-state index in [4.69, 9.17) is 0 Å². The fourth-order valence-corrected chi connectivity index (χ4v) is 2.95. The first-order chi connectivity index (χ1) is 11.4. The van der Waals surface area contributed by atoms with Crippen LogP contribution in [0.3, 0.4) is 0 Å². The largest absolute Gasteiger partial charge is 0.325 e. The molecular formula is C15H15N5O3S. The van der Waals surface area contributed by atoms with Gasteiger partial charge in [-0.05, 0) is 26.0 Å². The molecule has 3 heterocycles. The standard InChI is InChI=1S/C15H15N5O3S/c1-15(2)12(22)20(14(23)19-15)7-11(21)18-13-17-10(8-24-13)9-5-3-4-6-16-9/h3-6,8H,7H2,1-2H3,(H,19,23)(H,17,18,21). The number of hydrogen-bond acceptors (Lipinski definition) is 6. The molecule has 2 aromatic heterocycles. The van der Waals surface area contributed by atoms with Gasteiger partial charge in [0.25, 0.3) is 5.91 Å². The SMILES string of the molecule is CC1(C)NC(=O)N(CC(=O)Nc2nc(-c3ccccn3)cs2)C1=O. The molecule has 0 aliphatic carbocycles. The van der Waals surface area contributed by atoms with E-state index in [9.17, 15) is 14.4 Å². The Morgan fingerprint density at radius 2 is 2.12 bits per heavy atom. The van der Waals surface area contributed by atoms with Crippen LogP contribution < -0.4 is 10.6 Å². The van der Waals surface area contributed by atoms with E-state index in [-0.39, 0.29) is 6.54 Å². The molecule has 8 nitrogen and oxygen atoms in total. The van der Waals surface area contributed by atoms with Crippen molar-refractivity contribution in [3.8, 4) is 11.4 Å². The molecule has 1 aliphatic rings. The Labute approximate surface area is 141 Å². The monoisotopic (exact) mass is 345 g/mol. The molecule has 0 unspecified atom stereocenters. The van der Waals surface area contributed by atoms with Gasteiger partial charge in [0.05, 0.1) is 5.69 Å². The highest BCUT2D eigenvalue weighted by molar-refractivity contribution is 7.14. The molecule has 0 radical (unpaired) electrons. The number of urea groups is 1. The highest BCUT2D eigenvalue weighted by Gasteiger charge is 2.44. The lowest BCUT2D eigenvalue weighted by Crippen LogP contribution is -2.41. The van der Waals surface area contributed by atoms with Crippen LogP contribution >= 0.6 is 11.3 Å². The van der Waals surface area contributed by atoms with E-state index in [1.165, 1.54) is 11.3 Å². The lowest BCUT2D eigenvalue weighted by Gasteiger charge is -2.15. The summed E-state index contributed by atoms with van der Waals surface area (Å²) in [6, 6.07) is 4.89. The van der Waals surface area contributed by atoms with E-state index in [0.717, 1.165) is 4.90 Å². The summed E-state index contributed by atoms with van der Waals surface area (Å²) in [5.41, 5.74) is 0.349. The molecular weight excluding hydrogens is 330 g/mol. The molecule has 2 aromatic rings. The molecule has 0 aromatic carbocycles. The van der Waals surface area contributed by atoms with E-state index < -0.39 is 23.4 Å². The molecule has 4 amide bonds. The molecule has 124 valence electrons. The van der Waals surface area contributed by atoms with Crippen LogP contribution in [0.25, 0.3) is 11.4 Å². The van der Waals surface area contributed by atoms with Crippen LogP contribution in [0, 0.1) is 0 Å². The van der Waals surface area contributed by atoms with Crippen LogP contribution in [-0.4, -0.2) is 44.8 Å². The Balaban J connectivity index is 1.65. The van der Waals surface area contributed by atoms with Crippen LogP contribution in [-0.2, 0) is 9.59 Å². The molecule has 0 saturated carbocycles. The Kier molecular flexibility index (Phi) is 4.02. The van der Waals surface area contributed by atoms with Crippen molar-refractivity contribution in [1.29, 1.82) is 0 Å². The molecule has 0 bridgehead atoms. The zero-order valence-electron chi connectivity index (χ0n) is 13.1. The van der Waals surface area contributed by atoms with E-state index in [1.54, 1.807) is 31.5 Å². The lowest BCUT2D eigenvalue weighted by atomic mass is 10.1. The zero-order chi connectivity index (χ0) is 17.3. The number of anilines is 1. The number of amides is 4. The molecule has 24 heavy (non-hydrogen) atoms. The van der Waals surface area contributed by atoms with Crippen molar-refractivity contribution in [3.63, 3.8) is 0 Å². The number of carbonyl (C=O) groups excluding carboxylic acids is 3. The maximum Gasteiger partial charge on any atom is 0.325 e. The molecule has 0 atom stereocenters. The number of carbonyl (C=O) groups is 3. The first kappa shape index (κ1) is 16.1. The predicted octanol–water partition coefficient (Wildman–Crippen LogP) is 1.47. The fourth-order valence-electron chi connectivity index (χ4n) is 2.23. The average molecular weight is 345 g/mol. The van der Waals surface area contributed by atoms with Gasteiger partial charge in [-0.2, -0.15) is 0 Å². The number of nitrogens with zero attached hydrogens (tertiary/aromatic N) is 3. The van der Waals surface area contributed by atoms with Crippen LogP contribution in [0.5, 0.6) is 0 Å². The zero-order valence-corrected chi connectivity index (χ0v) is 13.9. The molecule has 0 spiro atoms. The minimum absolute atomic E-state index is 0.355. The van der Waals surface area contributed by atoms with Crippen molar-refractivity contribution in [2.24, 2.45) is 0 Å². The van der Waals surface area contributed by atoms with Gasteiger partial charge in [0.1, 0.15) is 17.8 Å². The first-order valence-corrected chi connectivity index (χ1v) is 8.06. The highest BCUT2D eigenvalue weighted by atomic mass is 32.1. The summed E-state index contributed by atoms with van der Waals surface area (Å²) in [6.07, 6.45) is 1.66. The topological polar surface area (TPSA) is 104 Å². The van der Waals surface area contributed by atoms with Crippen LogP contribution in [0.15, 0.2) is 29.8 Å². The Hall–Kier alpha value is -2.81. The van der Waals surface area contributed by atoms with Gasteiger partial charge in [-0.1, -0.05) is 6.07 Å². The van der Waals surface area contributed by atoms with Crippen molar-refractivity contribution in [2.75, 3.05) is 11.9 Å². The maximum atomic E-state index is 12.1. The van der Waals surface area contributed by atoms with Crippen molar-refractivity contribution in [3.05, 3.63) is 29.8 Å². The average Bonchev–Trinajstić information content (AvgIpc) is 3.07. The third-order valence-corrected chi connectivity index (χ3v) is 4.18. The van der Waals surface area contributed by atoms with Crippen molar-refractivity contribution >= 4 is 34.3 Å². The van der Waals surface area contributed by atoms with Gasteiger partial charge in [-0.3, -0.25) is 19.5 Å². The van der Waals surface area contributed by atoms with Crippen molar-refractivity contribution in [1.82, 2.24) is 20.2 Å². The van der Waals surface area contributed by atoms with Gasteiger partial charge in [0, 0.05) is 11.6 Å². The summed E-state index contributed by atoms with van der Waals surface area (Å²) in [5.74, 6) is -0.922. The minimum Gasteiger partial charge on any atom is -0.324 e. The number of aromatic nitrogens is 2. The van der Waals surface area contributed by atoms with Gasteiger partial charge in [0.15, 0.2) is 5.13 Å². The van der Waals surface area contributed by atoms with E-state index in [2.05, 4.69) is 20.6 Å². The quantitative estimate of drug-likeness (QED) is 0.817. The van der Waals surface area contributed by atoms with Gasteiger partial charge >= 0.3 is 6.03 Å². The van der Waals surface area contributed by atoms with Gasteiger partial charge in [-0.25, -0.2) is 9.78 Å². The molecule has 9 heteroatoms. The Bertz CT molecular complexity index is 802. The van der Waals surface area contributed by atoms with Gasteiger partial charge < -0.3 is 10.6 Å². The second kappa shape index (κ2) is 6.00. The fraction of sp³-hybridized carbons (Fsp3) is 0.267. The van der Waals surface area contributed by atoms with Crippen LogP contribution in [0.1, 0.15) is 13.8 Å². The summed E-state index contributed by atoms with van der Waals surface area (Å²) in [7, 11) is 0. The summed E-state index contributed by atoms with van der Waals surface area (Å²) in [5, 5.41) is 7.27. The Morgan fingerprint density at radius 3 is 2.75 bits per heavy atom. The number of nitrogens with one attached hydrogen (secondary N) is 2. The minimum atomic E-state index is -0.995. The smallest absolute Gasteiger partial charge is 0.324 e. The third-order valence-electron chi connectivity index (χ3n) is 3.42. The number of pyridine rings is 1. The summed E-state index contributed by atoms with van der Waals surface area (Å²) >= 11 is 1.24. The molecule has 2 N–H and O–H groups in total. The van der Waals surface area contributed by atoms with Crippen LogP contribution in [0.2, 0.25) is 0 Å². The number of thiazole rings is 1. The van der Waals surface area contributed by atoms with E-state index >= 15 is 0 Å². The highest BCUT2D eigenvalue weighted by Crippen LogP contribution is 2.23. The van der Waals surface area contributed by atoms with Crippen molar-refractivity contribution in [2.45, 2.75) is 19.4 Å². The Morgan fingerprint density at radius 1 is 1.33 bits per heavy atom. The first-order valence-electron chi connectivity index (χ1n) is 7.18. The summed E-state index contributed by atoms with van der Waals surface area (Å²) in [6.45, 7) is 2.82. The second-order valence-corrected chi connectivity index (χ2v) is 6.61. The number of rotatable bonds is 4. The number of hydrogen-bond donors (Lipinski definition) is 2. The van der Waals surface area contributed by atoms with Gasteiger partial charge in [0.2, 0.25) is 5.91 Å². The lowest BCUT2D eigenvalue weighted by molar-refractivity contribution is -0.132. The molecule has 1 fully saturated rings. The van der Waals surface area contributed by atoms with Crippen molar-refractivity contribution < 1.29 is 14.4 Å². The van der Waals surface area contributed by atoms with Gasteiger partial charge in [-0.15, -0.1) is 11.3 Å². The summed E-state index contributed by atoms with van der Waals surface area (Å²) in [4.78, 5) is 45.3. The van der Waals surface area contributed by atoms with E-state index in [1.807, 2.05) is 12.1 Å². The maximum absolute atomic E-state index is 12.1. The molecule has 1 saturated heterocycles. The second-order valence-electron chi connectivity index (χ2n) is 5.75. The third kappa shape index (κ3) is 3.11. The summed E-state index contributed by atoms with van der Waals surface area (Å²) < 4.78 is 0. The number of imide groups is 1. The molecule has 1 aliphatic heterocycles. The predicted molar refractivity (Wildman–Crippen MR) is 88.3 cm³/mol. The van der Waals surface area contributed by atoms with E-state index in [0.29, 0.717) is 16.5 Å². The van der Waals surface area contributed by atoms with Crippen LogP contribution in [0.4, 0.5) is 9.93 Å². The molecule has 3 rings (SSSR count). The normalized spacial score (nSPS) is 16.2.